The molecule has 0 bridgehead atoms. The summed E-state index contributed by atoms with van der Waals surface area (Å²) in [5.74, 6) is 0. The van der Waals surface area contributed by atoms with E-state index < -0.39 is 0 Å². The number of hydrogen-bond donors (Lipinski definition) is 2. The highest BCUT2D eigenvalue weighted by atomic mass is 32.1. The molecule has 17 heavy (non-hydrogen) atoms. The van der Waals surface area contributed by atoms with Gasteiger partial charge >= 0.3 is 0 Å². The summed E-state index contributed by atoms with van der Waals surface area (Å²) in [5.41, 5.74) is 2.71. The Morgan fingerprint density at radius 1 is 1.24 bits per heavy atom. The maximum Gasteiger partial charge on any atom is 0.166 e. The summed E-state index contributed by atoms with van der Waals surface area (Å²) in [6.07, 6.45) is 3.87. The lowest BCUT2D eigenvalue weighted by Gasteiger charge is -2.09. The van der Waals surface area contributed by atoms with Crippen molar-refractivity contribution in [3.8, 4) is 0 Å². The number of thiocarbonyl (C=S) groups is 1. The van der Waals surface area contributed by atoms with Crippen molar-refractivity contribution in [2.75, 3.05) is 13.1 Å². The van der Waals surface area contributed by atoms with E-state index in [1.54, 1.807) is 6.08 Å². The van der Waals surface area contributed by atoms with Crippen LogP contribution < -0.4 is 10.6 Å². The topological polar surface area (TPSA) is 24.1 Å². The van der Waals surface area contributed by atoms with Gasteiger partial charge in [-0.1, -0.05) is 37.3 Å². The van der Waals surface area contributed by atoms with Gasteiger partial charge in [-0.25, -0.2) is 0 Å². The predicted molar refractivity (Wildman–Crippen MR) is 78.3 cm³/mol. The van der Waals surface area contributed by atoms with Gasteiger partial charge in [-0.2, -0.15) is 0 Å². The molecule has 0 fully saturated rings. The molecule has 0 aliphatic rings. The standard InChI is InChI=1S/C14H20N2S/c1-3-10-15-14(17)16-11-9-13-7-5-12(4-2)6-8-13/h3,5-8H,1,4,9-11H2,2H3,(H2,15,16,17). The lowest BCUT2D eigenvalue weighted by Crippen LogP contribution is -2.36. The first kappa shape index (κ1) is 13.7. The highest BCUT2D eigenvalue weighted by molar-refractivity contribution is 7.80. The van der Waals surface area contributed by atoms with Gasteiger partial charge in [0.25, 0.3) is 0 Å². The lowest BCUT2D eigenvalue weighted by atomic mass is 10.1. The Balaban J connectivity index is 2.25. The SMILES string of the molecule is C=CCNC(=S)NCCc1ccc(CC)cc1. The van der Waals surface area contributed by atoms with Gasteiger partial charge in [0, 0.05) is 13.1 Å². The van der Waals surface area contributed by atoms with Crippen molar-refractivity contribution in [2.24, 2.45) is 0 Å². The van der Waals surface area contributed by atoms with Gasteiger partial charge < -0.3 is 10.6 Å². The van der Waals surface area contributed by atoms with Crippen LogP contribution in [-0.4, -0.2) is 18.2 Å². The Bertz CT molecular complexity index is 357. The van der Waals surface area contributed by atoms with Crippen molar-refractivity contribution < 1.29 is 0 Å². The molecule has 0 saturated heterocycles. The molecule has 0 amide bonds. The lowest BCUT2D eigenvalue weighted by molar-refractivity contribution is 0.840. The Morgan fingerprint density at radius 2 is 1.88 bits per heavy atom. The quantitative estimate of drug-likeness (QED) is 0.597. The summed E-state index contributed by atoms with van der Waals surface area (Å²) in [4.78, 5) is 0. The van der Waals surface area contributed by atoms with E-state index in [1.165, 1.54) is 11.1 Å². The Hall–Kier alpha value is -1.35. The smallest absolute Gasteiger partial charge is 0.166 e. The molecule has 0 aromatic heterocycles. The summed E-state index contributed by atoms with van der Waals surface area (Å²) in [5, 5.41) is 6.90. The minimum Gasteiger partial charge on any atom is -0.362 e. The fourth-order valence-corrected chi connectivity index (χ4v) is 1.67. The molecule has 0 aliphatic heterocycles. The third-order valence-corrected chi connectivity index (χ3v) is 2.83. The van der Waals surface area contributed by atoms with Crippen molar-refractivity contribution in [2.45, 2.75) is 19.8 Å². The van der Waals surface area contributed by atoms with Crippen LogP contribution in [0.2, 0.25) is 0 Å². The molecule has 0 saturated carbocycles. The Labute approximate surface area is 109 Å². The summed E-state index contributed by atoms with van der Waals surface area (Å²) in [6, 6.07) is 8.73. The number of hydrogen-bond acceptors (Lipinski definition) is 1. The van der Waals surface area contributed by atoms with E-state index in [0.29, 0.717) is 11.7 Å². The second-order valence-electron chi connectivity index (χ2n) is 3.85. The third-order valence-electron chi connectivity index (χ3n) is 2.54. The minimum absolute atomic E-state index is 0.690. The normalized spacial score (nSPS) is 9.71. The van der Waals surface area contributed by atoms with Crippen LogP contribution in [-0.2, 0) is 12.8 Å². The average molecular weight is 248 g/mol. The fraction of sp³-hybridized carbons (Fsp3) is 0.357. The molecule has 0 unspecified atom stereocenters. The first-order valence-corrected chi connectivity index (χ1v) is 6.37. The molecule has 3 heteroatoms. The number of aryl methyl sites for hydroxylation is 1. The van der Waals surface area contributed by atoms with Crippen LogP contribution in [0.15, 0.2) is 36.9 Å². The van der Waals surface area contributed by atoms with Gasteiger partial charge in [-0.05, 0) is 36.2 Å². The maximum atomic E-state index is 5.10. The molecule has 2 nitrogen and oxygen atoms in total. The van der Waals surface area contributed by atoms with Gasteiger partial charge in [0.15, 0.2) is 5.11 Å². The van der Waals surface area contributed by atoms with E-state index >= 15 is 0 Å². The zero-order valence-electron chi connectivity index (χ0n) is 10.3. The average Bonchev–Trinajstić information content (AvgIpc) is 2.37. The summed E-state index contributed by atoms with van der Waals surface area (Å²) < 4.78 is 0. The van der Waals surface area contributed by atoms with Crippen LogP contribution in [0.4, 0.5) is 0 Å². The molecule has 92 valence electrons. The molecule has 1 aromatic carbocycles. The highest BCUT2D eigenvalue weighted by Gasteiger charge is 1.95. The summed E-state index contributed by atoms with van der Waals surface area (Å²) in [7, 11) is 0. The molecule has 0 spiro atoms. The predicted octanol–water partition coefficient (Wildman–Crippen LogP) is 2.44. The van der Waals surface area contributed by atoms with Gasteiger partial charge in [0.1, 0.15) is 0 Å². The van der Waals surface area contributed by atoms with Crippen LogP contribution in [0.5, 0.6) is 0 Å². The Morgan fingerprint density at radius 3 is 2.47 bits per heavy atom. The molecule has 1 aromatic rings. The van der Waals surface area contributed by atoms with E-state index in [1.807, 2.05) is 0 Å². The van der Waals surface area contributed by atoms with Crippen LogP contribution in [0.25, 0.3) is 0 Å². The molecular weight excluding hydrogens is 228 g/mol. The van der Waals surface area contributed by atoms with Crippen LogP contribution in [0.3, 0.4) is 0 Å². The molecule has 1 rings (SSSR count). The summed E-state index contributed by atoms with van der Waals surface area (Å²) in [6.45, 7) is 7.35. The van der Waals surface area contributed by atoms with Crippen LogP contribution in [0.1, 0.15) is 18.1 Å². The molecule has 0 aliphatic carbocycles. The van der Waals surface area contributed by atoms with Crippen molar-refractivity contribution in [1.82, 2.24) is 10.6 Å². The Kier molecular flexibility index (Phi) is 6.33. The molecule has 0 radical (unpaired) electrons. The van der Waals surface area contributed by atoms with Crippen molar-refractivity contribution in [3.63, 3.8) is 0 Å². The monoisotopic (exact) mass is 248 g/mol. The van der Waals surface area contributed by atoms with E-state index in [2.05, 4.69) is 48.4 Å². The van der Waals surface area contributed by atoms with Gasteiger partial charge in [0.05, 0.1) is 0 Å². The van der Waals surface area contributed by atoms with Crippen molar-refractivity contribution in [3.05, 3.63) is 48.0 Å². The number of benzene rings is 1. The third kappa shape index (κ3) is 5.50. The van der Waals surface area contributed by atoms with E-state index in [0.717, 1.165) is 19.4 Å². The molecule has 2 N–H and O–H groups in total. The first-order valence-electron chi connectivity index (χ1n) is 5.96. The fourth-order valence-electron chi connectivity index (χ4n) is 1.49. The van der Waals surface area contributed by atoms with E-state index in [4.69, 9.17) is 12.2 Å². The highest BCUT2D eigenvalue weighted by Crippen LogP contribution is 2.05. The zero-order chi connectivity index (χ0) is 12.5. The molecule has 0 heterocycles. The van der Waals surface area contributed by atoms with Gasteiger partial charge in [-0.3, -0.25) is 0 Å². The van der Waals surface area contributed by atoms with Gasteiger partial charge in [-0.15, -0.1) is 6.58 Å². The summed E-state index contributed by atoms with van der Waals surface area (Å²) >= 11 is 5.10. The van der Waals surface area contributed by atoms with E-state index in [-0.39, 0.29) is 0 Å². The van der Waals surface area contributed by atoms with E-state index in [9.17, 15) is 0 Å². The second-order valence-corrected chi connectivity index (χ2v) is 4.25. The number of rotatable bonds is 6. The number of nitrogens with one attached hydrogen (secondary N) is 2. The first-order chi connectivity index (χ1) is 8.26. The zero-order valence-corrected chi connectivity index (χ0v) is 11.1. The van der Waals surface area contributed by atoms with Crippen molar-refractivity contribution >= 4 is 17.3 Å². The largest absolute Gasteiger partial charge is 0.362 e. The van der Waals surface area contributed by atoms with Crippen molar-refractivity contribution in [1.29, 1.82) is 0 Å². The maximum absolute atomic E-state index is 5.10. The molecule has 0 atom stereocenters. The molecular formula is C14H20N2S. The van der Waals surface area contributed by atoms with Crippen LogP contribution >= 0.6 is 12.2 Å². The van der Waals surface area contributed by atoms with Crippen LogP contribution in [0, 0.1) is 0 Å². The second kappa shape index (κ2) is 7.85. The minimum atomic E-state index is 0.690. The van der Waals surface area contributed by atoms with Gasteiger partial charge in [0.2, 0.25) is 0 Å².